The number of unbranched alkanes of at least 4 members (excludes halogenated alkanes) is 2. The number of nitrogens with zero attached hydrogens (tertiary/aromatic N) is 7. The van der Waals surface area contributed by atoms with Crippen molar-refractivity contribution in [2.45, 2.75) is 89.1 Å². The summed E-state index contributed by atoms with van der Waals surface area (Å²) in [5.41, 5.74) is 2.32. The Labute approximate surface area is 351 Å². The first-order valence-electron chi connectivity index (χ1n) is 21.3. The van der Waals surface area contributed by atoms with E-state index < -0.39 is 30.0 Å². The van der Waals surface area contributed by atoms with Crippen molar-refractivity contribution in [3.05, 3.63) is 76.4 Å². The van der Waals surface area contributed by atoms with Crippen LogP contribution in [0.25, 0.3) is 22.5 Å². The number of carbonyl (C=O) groups is 3. The second-order valence-corrected chi connectivity index (χ2v) is 16.3. The summed E-state index contributed by atoms with van der Waals surface area (Å²) in [6.45, 7) is 4.74. The lowest BCUT2D eigenvalue weighted by atomic mass is 10.0. The largest absolute Gasteiger partial charge is 0.444 e. The Kier molecular flexibility index (Phi) is 13.0. The summed E-state index contributed by atoms with van der Waals surface area (Å²) in [6, 6.07) is 8.60. The van der Waals surface area contributed by atoms with E-state index in [0.29, 0.717) is 42.5 Å². The molecule has 3 amide bonds. The number of hydrogen-bond acceptors (Lipinski definition) is 11. The molecule has 0 radical (unpaired) electrons. The molecule has 8 rings (SSSR count). The highest BCUT2D eigenvalue weighted by molar-refractivity contribution is 6.03. The Balaban J connectivity index is 0.726. The van der Waals surface area contributed by atoms with Gasteiger partial charge in [0.15, 0.2) is 11.4 Å². The van der Waals surface area contributed by atoms with E-state index in [2.05, 4.69) is 35.9 Å². The van der Waals surface area contributed by atoms with E-state index in [1.54, 1.807) is 34.6 Å². The van der Waals surface area contributed by atoms with Gasteiger partial charge in [-0.15, -0.1) is 0 Å². The van der Waals surface area contributed by atoms with Crippen molar-refractivity contribution in [1.82, 2.24) is 39.1 Å². The number of oxazole rings is 1. The van der Waals surface area contributed by atoms with E-state index >= 15 is 0 Å². The predicted molar refractivity (Wildman–Crippen MR) is 222 cm³/mol. The maximum atomic E-state index is 14.1. The van der Waals surface area contributed by atoms with Crippen LogP contribution in [0.5, 0.6) is 0 Å². The number of piperidine rings is 2. The SMILES string of the molecule is Cn1c(=O)n(C2CCC(=O)NC2=O)c2ccc(CCCOCCCCCN3CCC(n4cc(NC(=O)c5coc(-c6ccnc(NCC7CC7)c6)n5)c(C(F)F)n4)CC3)cc21. The maximum absolute atomic E-state index is 14.1. The number of pyridine rings is 1. The molecule has 6 heterocycles. The fourth-order valence-corrected chi connectivity index (χ4v) is 8.18. The van der Waals surface area contributed by atoms with Crippen LogP contribution in [0.3, 0.4) is 0 Å². The molecule has 324 valence electrons. The van der Waals surface area contributed by atoms with Crippen LogP contribution >= 0.6 is 0 Å². The molecule has 1 aromatic carbocycles. The van der Waals surface area contributed by atoms with Gasteiger partial charge in [-0.05, 0) is 106 Å². The lowest BCUT2D eigenvalue weighted by molar-refractivity contribution is -0.135. The van der Waals surface area contributed by atoms with Crippen LogP contribution in [0.4, 0.5) is 20.3 Å². The van der Waals surface area contributed by atoms with Crippen molar-refractivity contribution in [2.24, 2.45) is 13.0 Å². The topological polar surface area (TPSA) is 183 Å². The van der Waals surface area contributed by atoms with E-state index in [1.807, 2.05) is 18.2 Å². The van der Waals surface area contributed by atoms with Gasteiger partial charge in [0.1, 0.15) is 18.1 Å². The van der Waals surface area contributed by atoms with Gasteiger partial charge in [-0.25, -0.2) is 23.5 Å². The maximum Gasteiger partial charge on any atom is 0.329 e. The number of aromatic nitrogens is 6. The van der Waals surface area contributed by atoms with Crippen molar-refractivity contribution < 1.29 is 32.3 Å². The van der Waals surface area contributed by atoms with Gasteiger partial charge in [-0.1, -0.05) is 6.07 Å². The number of hydrogen-bond donors (Lipinski definition) is 3. The number of halogens is 2. The number of alkyl halides is 2. The molecular formula is C43H52F2N10O6. The predicted octanol–water partition coefficient (Wildman–Crippen LogP) is 6.03. The fourth-order valence-electron chi connectivity index (χ4n) is 8.18. The first-order chi connectivity index (χ1) is 29.6. The lowest BCUT2D eigenvalue weighted by Gasteiger charge is -2.32. The normalized spacial score (nSPS) is 17.7. The van der Waals surface area contributed by atoms with Crippen LogP contribution in [-0.4, -0.2) is 90.9 Å². The second-order valence-electron chi connectivity index (χ2n) is 16.3. The van der Waals surface area contributed by atoms with Crippen LogP contribution in [0, 0.1) is 5.92 Å². The van der Waals surface area contributed by atoms with E-state index in [4.69, 9.17) is 9.15 Å². The third kappa shape index (κ3) is 10.1. The highest BCUT2D eigenvalue weighted by atomic mass is 19.3. The molecule has 4 aromatic heterocycles. The number of fused-ring (bicyclic) bond motifs is 1. The van der Waals surface area contributed by atoms with E-state index in [0.717, 1.165) is 82.2 Å². The molecule has 0 bridgehead atoms. The molecule has 1 saturated carbocycles. The van der Waals surface area contributed by atoms with Crippen LogP contribution in [0.2, 0.25) is 0 Å². The number of carbonyl (C=O) groups excluding carboxylic acids is 3. The number of amides is 3. The summed E-state index contributed by atoms with van der Waals surface area (Å²) in [6.07, 6.45) is 10.6. The Morgan fingerprint density at radius 1 is 1.00 bits per heavy atom. The summed E-state index contributed by atoms with van der Waals surface area (Å²) in [4.78, 5) is 61.2. The Morgan fingerprint density at radius 2 is 1.82 bits per heavy atom. The number of imidazole rings is 1. The third-order valence-corrected chi connectivity index (χ3v) is 11.9. The lowest BCUT2D eigenvalue weighted by Crippen LogP contribution is -2.44. The molecule has 1 atom stereocenters. The molecule has 2 aliphatic heterocycles. The Morgan fingerprint density at radius 3 is 2.61 bits per heavy atom. The van der Waals surface area contributed by atoms with Crippen molar-refractivity contribution in [2.75, 3.05) is 50.0 Å². The molecule has 5 aromatic rings. The van der Waals surface area contributed by atoms with E-state index in [1.165, 1.54) is 29.9 Å². The van der Waals surface area contributed by atoms with Gasteiger partial charge in [0.05, 0.1) is 22.8 Å². The number of rotatable bonds is 19. The quantitative estimate of drug-likeness (QED) is 0.0652. The molecule has 61 heavy (non-hydrogen) atoms. The second kappa shape index (κ2) is 18.9. The average molecular weight is 843 g/mol. The van der Waals surface area contributed by atoms with Crippen LogP contribution in [0.1, 0.15) is 104 Å². The number of ether oxygens (including phenoxy) is 1. The van der Waals surface area contributed by atoms with Gasteiger partial charge in [-0.2, -0.15) is 5.10 Å². The number of benzene rings is 1. The van der Waals surface area contributed by atoms with Gasteiger partial charge < -0.3 is 24.7 Å². The minimum Gasteiger partial charge on any atom is -0.444 e. The molecule has 0 spiro atoms. The Hall–Kier alpha value is -5.75. The molecule has 18 heteroatoms. The molecule has 2 saturated heterocycles. The standard InChI is InChI=1S/C43H52F2N10O6/c1-52-35-22-27(9-10-33(35)55(43(52)59)34-11-12-37(56)50-41(34)58)6-5-21-60-20-4-2-3-17-53-18-14-30(15-19-53)54-25-31(38(51-54)39(44)45)48-40(57)32-26-61-42(49-32)29-13-16-46-36(23-29)47-24-28-7-8-28/h9-10,13,16,22-23,25-26,28,30,34,39H,2-8,11-12,14-15,17-21,24H2,1H3,(H,46,47)(H,48,57)(H,50,56,58). The zero-order valence-corrected chi connectivity index (χ0v) is 34.3. The molecule has 3 aliphatic rings. The summed E-state index contributed by atoms with van der Waals surface area (Å²) in [5.74, 6) is 0.164. The van der Waals surface area contributed by atoms with Crippen molar-refractivity contribution in [1.29, 1.82) is 0 Å². The first kappa shape index (κ1) is 42.0. The average Bonchev–Trinajstić information content (AvgIpc) is 3.67. The van der Waals surface area contributed by atoms with Crippen LogP contribution in [-0.2, 0) is 27.8 Å². The first-order valence-corrected chi connectivity index (χ1v) is 21.3. The van der Waals surface area contributed by atoms with E-state index in [-0.39, 0.29) is 41.3 Å². The number of anilines is 2. The van der Waals surface area contributed by atoms with E-state index in [9.17, 15) is 28.0 Å². The minimum atomic E-state index is -2.87. The third-order valence-electron chi connectivity index (χ3n) is 11.9. The van der Waals surface area contributed by atoms with Gasteiger partial charge >= 0.3 is 5.69 Å². The van der Waals surface area contributed by atoms with Gasteiger partial charge in [0.25, 0.3) is 12.3 Å². The van der Waals surface area contributed by atoms with Gasteiger partial charge in [-0.3, -0.25) is 33.5 Å². The summed E-state index contributed by atoms with van der Waals surface area (Å²) < 4.78 is 44.3. The van der Waals surface area contributed by atoms with Gasteiger partial charge in [0, 0.05) is 64.3 Å². The zero-order valence-electron chi connectivity index (χ0n) is 34.3. The van der Waals surface area contributed by atoms with Crippen molar-refractivity contribution >= 4 is 40.3 Å². The van der Waals surface area contributed by atoms with Crippen LogP contribution in [0.15, 0.2) is 58.2 Å². The van der Waals surface area contributed by atoms with Crippen molar-refractivity contribution in [3.63, 3.8) is 0 Å². The smallest absolute Gasteiger partial charge is 0.329 e. The summed E-state index contributed by atoms with van der Waals surface area (Å²) in [7, 11) is 1.70. The zero-order chi connectivity index (χ0) is 42.5. The highest BCUT2D eigenvalue weighted by Gasteiger charge is 2.32. The minimum absolute atomic E-state index is 0.0319. The summed E-state index contributed by atoms with van der Waals surface area (Å²) in [5, 5.41) is 12.4. The fraction of sp³-hybridized carbons (Fsp3) is 0.512. The molecule has 1 unspecified atom stereocenters. The molecule has 3 fully saturated rings. The van der Waals surface area contributed by atoms with Crippen molar-refractivity contribution in [3.8, 4) is 11.5 Å². The van der Waals surface area contributed by atoms with Crippen LogP contribution < -0.4 is 21.6 Å². The molecule has 3 N–H and O–H groups in total. The molecule has 16 nitrogen and oxygen atoms in total. The monoisotopic (exact) mass is 842 g/mol. The molecular weight excluding hydrogens is 791 g/mol. The Bertz CT molecular complexity index is 2410. The van der Waals surface area contributed by atoms with Gasteiger partial charge in [0.2, 0.25) is 17.7 Å². The number of imide groups is 1. The number of likely N-dealkylation sites (tertiary alicyclic amines) is 1. The number of aryl methyl sites for hydroxylation is 2. The summed E-state index contributed by atoms with van der Waals surface area (Å²) >= 11 is 0. The number of nitrogens with one attached hydrogen (secondary N) is 3. The molecule has 1 aliphatic carbocycles. The highest BCUT2D eigenvalue weighted by Crippen LogP contribution is 2.32.